The van der Waals surface area contributed by atoms with Gasteiger partial charge in [0.2, 0.25) is 0 Å². The van der Waals surface area contributed by atoms with Crippen molar-refractivity contribution in [1.29, 1.82) is 0 Å². The summed E-state index contributed by atoms with van der Waals surface area (Å²) in [5, 5.41) is 1.70. The number of hydrogen-bond acceptors (Lipinski definition) is 6. The summed E-state index contributed by atoms with van der Waals surface area (Å²) >= 11 is 1.13. The predicted molar refractivity (Wildman–Crippen MR) is 104 cm³/mol. The Labute approximate surface area is 167 Å². The van der Waals surface area contributed by atoms with Crippen LogP contribution < -0.4 is 0 Å². The number of carbonyl (C=O) groups excluding carboxylic acids is 1. The maximum atomic E-state index is 13.2. The fraction of sp³-hybridized carbons (Fsp3) is 0.263. The molecule has 0 fully saturated rings. The van der Waals surface area contributed by atoms with Gasteiger partial charge in [0.1, 0.15) is 10.3 Å². The molecular formula is C19H19N3O4S2. The zero-order chi connectivity index (χ0) is 19.7. The highest BCUT2D eigenvalue weighted by molar-refractivity contribution is 7.91. The molecule has 0 bridgehead atoms. The molecule has 1 aromatic carbocycles. The molecule has 28 heavy (non-hydrogen) atoms. The Kier molecular flexibility index (Phi) is 5.05. The number of rotatable bonds is 5. The SMILES string of the molecule is COC(=O)[C@H]1Cc2ncn(Cc3ccccc3)c2CN1S(=O)(=O)c1cccs1. The van der Waals surface area contributed by atoms with Gasteiger partial charge in [0.25, 0.3) is 10.0 Å². The molecule has 0 saturated carbocycles. The van der Waals surface area contributed by atoms with Gasteiger partial charge in [-0.05, 0) is 17.0 Å². The van der Waals surface area contributed by atoms with E-state index in [-0.39, 0.29) is 17.2 Å². The first-order valence-electron chi connectivity index (χ1n) is 8.70. The highest BCUT2D eigenvalue weighted by Gasteiger charge is 2.42. The van der Waals surface area contributed by atoms with Gasteiger partial charge in [-0.15, -0.1) is 11.3 Å². The highest BCUT2D eigenvalue weighted by atomic mass is 32.2. The number of carbonyl (C=O) groups is 1. The molecule has 0 N–H and O–H groups in total. The maximum absolute atomic E-state index is 13.2. The van der Waals surface area contributed by atoms with Crippen LogP contribution in [-0.4, -0.2) is 41.4 Å². The number of esters is 1. The first-order valence-corrected chi connectivity index (χ1v) is 11.0. The van der Waals surface area contributed by atoms with E-state index in [9.17, 15) is 13.2 Å². The lowest BCUT2D eigenvalue weighted by molar-refractivity contribution is -0.145. The molecule has 1 aliphatic heterocycles. The van der Waals surface area contributed by atoms with Crippen molar-refractivity contribution in [2.75, 3.05) is 7.11 Å². The van der Waals surface area contributed by atoms with Crippen LogP contribution in [0.4, 0.5) is 0 Å². The van der Waals surface area contributed by atoms with Crippen LogP contribution in [0.15, 0.2) is 58.4 Å². The summed E-state index contributed by atoms with van der Waals surface area (Å²) in [6, 6.07) is 12.2. The van der Waals surface area contributed by atoms with Gasteiger partial charge < -0.3 is 9.30 Å². The number of thiophene rings is 1. The largest absolute Gasteiger partial charge is 0.468 e. The molecule has 3 aromatic rings. The van der Waals surface area contributed by atoms with E-state index >= 15 is 0 Å². The number of methoxy groups -OCH3 is 1. The smallest absolute Gasteiger partial charge is 0.324 e. The molecule has 3 heterocycles. The van der Waals surface area contributed by atoms with Crippen molar-refractivity contribution >= 4 is 27.3 Å². The van der Waals surface area contributed by atoms with E-state index in [2.05, 4.69) is 4.98 Å². The lowest BCUT2D eigenvalue weighted by Crippen LogP contribution is -2.49. The van der Waals surface area contributed by atoms with Gasteiger partial charge in [0.05, 0.1) is 31.4 Å². The number of benzene rings is 1. The van der Waals surface area contributed by atoms with Crippen LogP contribution in [0, 0.1) is 0 Å². The number of imidazole rings is 1. The first kappa shape index (κ1) is 18.9. The second kappa shape index (κ2) is 7.50. The molecule has 0 spiro atoms. The van der Waals surface area contributed by atoms with E-state index in [1.54, 1.807) is 23.8 Å². The Morgan fingerprint density at radius 3 is 2.71 bits per heavy atom. The van der Waals surface area contributed by atoms with Gasteiger partial charge in [-0.2, -0.15) is 4.31 Å². The third kappa shape index (κ3) is 3.36. The second-order valence-electron chi connectivity index (χ2n) is 6.48. The Morgan fingerprint density at radius 1 is 1.25 bits per heavy atom. The summed E-state index contributed by atoms with van der Waals surface area (Å²) < 4.78 is 34.6. The lowest BCUT2D eigenvalue weighted by Gasteiger charge is -2.32. The molecule has 2 aromatic heterocycles. The Hall–Kier alpha value is -2.49. The number of nitrogens with zero attached hydrogens (tertiary/aromatic N) is 3. The molecule has 7 nitrogen and oxygen atoms in total. The van der Waals surface area contributed by atoms with Crippen molar-refractivity contribution in [2.45, 2.75) is 29.8 Å². The van der Waals surface area contributed by atoms with Crippen molar-refractivity contribution < 1.29 is 17.9 Å². The second-order valence-corrected chi connectivity index (χ2v) is 9.54. The quantitative estimate of drug-likeness (QED) is 0.595. The van der Waals surface area contributed by atoms with Crippen molar-refractivity contribution in [3.63, 3.8) is 0 Å². The van der Waals surface area contributed by atoms with Crippen LogP contribution in [0.5, 0.6) is 0 Å². The third-order valence-electron chi connectivity index (χ3n) is 4.80. The predicted octanol–water partition coefficient (Wildman–Crippen LogP) is 2.28. The first-order chi connectivity index (χ1) is 13.5. The standard InChI is InChI=1S/C19H19N3O4S2/c1-26-19(23)16-10-15-17(12-22(16)28(24,25)18-8-5-9-27-18)21(13-20-15)11-14-6-3-2-4-7-14/h2-9,13,16H,10-12H2,1H3/t16-/m1/s1. The van der Waals surface area contributed by atoms with Gasteiger partial charge in [0.15, 0.2) is 0 Å². The van der Waals surface area contributed by atoms with Gasteiger partial charge in [-0.1, -0.05) is 36.4 Å². The lowest BCUT2D eigenvalue weighted by atomic mass is 10.1. The van der Waals surface area contributed by atoms with Crippen LogP contribution in [0.25, 0.3) is 0 Å². The normalized spacial score (nSPS) is 17.2. The molecule has 0 saturated heterocycles. The summed E-state index contributed by atoms with van der Waals surface area (Å²) in [6.45, 7) is 0.654. The monoisotopic (exact) mass is 417 g/mol. The van der Waals surface area contributed by atoms with Crippen molar-refractivity contribution in [3.05, 3.63) is 71.1 Å². The zero-order valence-corrected chi connectivity index (χ0v) is 16.8. The average molecular weight is 418 g/mol. The third-order valence-corrected chi connectivity index (χ3v) is 8.03. The molecule has 0 amide bonds. The fourth-order valence-corrected chi connectivity index (χ4v) is 6.03. The molecular weight excluding hydrogens is 398 g/mol. The summed E-state index contributed by atoms with van der Waals surface area (Å²) in [5.41, 5.74) is 2.61. The van der Waals surface area contributed by atoms with Crippen molar-refractivity contribution in [3.8, 4) is 0 Å². The minimum atomic E-state index is -3.82. The molecule has 4 rings (SSSR count). The van der Waals surface area contributed by atoms with Gasteiger partial charge in [0, 0.05) is 13.0 Å². The Balaban J connectivity index is 1.72. The van der Waals surface area contributed by atoms with Crippen molar-refractivity contribution in [1.82, 2.24) is 13.9 Å². The van der Waals surface area contributed by atoms with Gasteiger partial charge in [-0.25, -0.2) is 13.4 Å². The van der Waals surface area contributed by atoms with Crippen LogP contribution in [0.2, 0.25) is 0 Å². The molecule has 0 radical (unpaired) electrons. The van der Waals surface area contributed by atoms with E-state index in [0.717, 1.165) is 28.3 Å². The minimum Gasteiger partial charge on any atom is -0.468 e. The molecule has 9 heteroatoms. The van der Waals surface area contributed by atoms with Gasteiger partial charge >= 0.3 is 5.97 Å². The Bertz CT molecular complexity index is 1080. The van der Waals surface area contributed by atoms with Gasteiger partial charge in [-0.3, -0.25) is 4.79 Å². The van der Waals surface area contributed by atoms with E-state index < -0.39 is 22.0 Å². The number of sulfonamides is 1. The summed E-state index contributed by atoms with van der Waals surface area (Å²) in [7, 11) is -2.56. The summed E-state index contributed by atoms with van der Waals surface area (Å²) in [6.07, 6.45) is 1.89. The maximum Gasteiger partial charge on any atom is 0.324 e. The summed E-state index contributed by atoms with van der Waals surface area (Å²) in [5.74, 6) is -0.580. The fourth-order valence-electron chi connectivity index (χ4n) is 3.38. The molecule has 0 unspecified atom stereocenters. The molecule has 146 valence electrons. The van der Waals surface area contributed by atoms with Crippen LogP contribution >= 0.6 is 11.3 Å². The van der Waals surface area contributed by atoms with Crippen LogP contribution in [0.3, 0.4) is 0 Å². The van der Waals surface area contributed by atoms with Crippen LogP contribution in [-0.2, 0) is 39.1 Å². The Morgan fingerprint density at radius 2 is 2.04 bits per heavy atom. The average Bonchev–Trinajstić information content (AvgIpc) is 3.38. The van der Waals surface area contributed by atoms with E-state index in [1.165, 1.54) is 11.4 Å². The number of hydrogen-bond donors (Lipinski definition) is 0. The molecule has 1 aliphatic rings. The zero-order valence-electron chi connectivity index (χ0n) is 15.2. The highest BCUT2D eigenvalue weighted by Crippen LogP contribution is 2.31. The molecule has 1 atom stereocenters. The minimum absolute atomic E-state index is 0.0716. The number of fused-ring (bicyclic) bond motifs is 1. The van der Waals surface area contributed by atoms with Crippen LogP contribution in [0.1, 0.15) is 17.0 Å². The summed E-state index contributed by atoms with van der Waals surface area (Å²) in [4.78, 5) is 16.8. The van der Waals surface area contributed by atoms with E-state index in [0.29, 0.717) is 6.54 Å². The van der Waals surface area contributed by atoms with E-state index in [1.807, 2.05) is 34.9 Å². The topological polar surface area (TPSA) is 81.5 Å². The number of ether oxygens (including phenoxy) is 1. The number of aromatic nitrogens is 2. The van der Waals surface area contributed by atoms with Crippen molar-refractivity contribution in [2.24, 2.45) is 0 Å². The van der Waals surface area contributed by atoms with E-state index in [4.69, 9.17) is 4.74 Å². The molecule has 0 aliphatic carbocycles.